The molecule has 0 unspecified atom stereocenters. The highest BCUT2D eigenvalue weighted by atomic mass is 35.5. The van der Waals surface area contributed by atoms with E-state index >= 15 is 0 Å². The van der Waals surface area contributed by atoms with E-state index in [9.17, 15) is 4.39 Å². The van der Waals surface area contributed by atoms with E-state index in [1.165, 1.54) is 38.1 Å². The van der Waals surface area contributed by atoms with Crippen molar-refractivity contribution in [1.29, 1.82) is 0 Å². The van der Waals surface area contributed by atoms with Gasteiger partial charge in [-0.15, -0.1) is 0 Å². The summed E-state index contributed by atoms with van der Waals surface area (Å²) >= 11 is 5.99. The summed E-state index contributed by atoms with van der Waals surface area (Å²) in [5, 5.41) is 3.93. The fraction of sp³-hybridized carbons (Fsp3) is 0.538. The van der Waals surface area contributed by atoms with Gasteiger partial charge in [0.1, 0.15) is 5.82 Å². The largest absolute Gasteiger partial charge is 0.311 e. The quantitative estimate of drug-likeness (QED) is 0.815. The molecule has 1 N–H and O–H groups in total. The second-order valence-electron chi connectivity index (χ2n) is 4.46. The van der Waals surface area contributed by atoms with Crippen LogP contribution in [-0.2, 0) is 6.54 Å². The van der Waals surface area contributed by atoms with Crippen molar-refractivity contribution in [3.63, 3.8) is 0 Å². The van der Waals surface area contributed by atoms with E-state index in [4.69, 9.17) is 11.6 Å². The minimum absolute atomic E-state index is 0.231. The summed E-state index contributed by atoms with van der Waals surface area (Å²) in [4.78, 5) is 2.44. The van der Waals surface area contributed by atoms with Gasteiger partial charge in [-0.3, -0.25) is 0 Å². The number of hydrogen-bond donors (Lipinski definition) is 1. The Hall–Kier alpha value is -0.640. The zero-order valence-corrected chi connectivity index (χ0v) is 10.6. The van der Waals surface area contributed by atoms with Crippen molar-refractivity contribution in [1.82, 2.24) is 10.2 Å². The van der Waals surface area contributed by atoms with Crippen LogP contribution in [0.3, 0.4) is 0 Å². The normalized spacial score (nSPS) is 16.6. The van der Waals surface area contributed by atoms with Gasteiger partial charge in [-0.05, 0) is 49.7 Å². The van der Waals surface area contributed by atoms with Crippen LogP contribution in [-0.4, -0.2) is 31.1 Å². The molecule has 0 atom stereocenters. The number of nitrogens with zero attached hydrogens (tertiary/aromatic N) is 1. The predicted octanol–water partition coefficient (Wildman–Crippen LogP) is 2.66. The Labute approximate surface area is 107 Å². The molecular weight excluding hydrogens is 239 g/mol. The standard InChI is InChI=1S/C13H18ClFN2/c14-13-4-3-12(15)9-11(13)10-16-5-8-17-6-1-2-7-17/h3-4,9,16H,1-2,5-8,10H2. The average molecular weight is 257 g/mol. The Morgan fingerprint density at radius 3 is 2.82 bits per heavy atom. The van der Waals surface area contributed by atoms with Crippen molar-refractivity contribution in [2.75, 3.05) is 26.2 Å². The lowest BCUT2D eigenvalue weighted by Gasteiger charge is -2.15. The molecule has 1 aromatic carbocycles. The maximum absolute atomic E-state index is 13.0. The van der Waals surface area contributed by atoms with Crippen LogP contribution < -0.4 is 5.32 Å². The van der Waals surface area contributed by atoms with Crippen LogP contribution >= 0.6 is 11.6 Å². The Kier molecular flexibility index (Phi) is 4.77. The van der Waals surface area contributed by atoms with Crippen molar-refractivity contribution >= 4 is 11.6 Å². The minimum atomic E-state index is -0.231. The zero-order valence-electron chi connectivity index (χ0n) is 9.88. The molecule has 0 radical (unpaired) electrons. The first-order valence-electron chi connectivity index (χ1n) is 6.13. The molecule has 1 aliphatic heterocycles. The smallest absolute Gasteiger partial charge is 0.123 e. The highest BCUT2D eigenvalue weighted by Crippen LogP contribution is 2.16. The molecule has 0 bridgehead atoms. The number of halogens is 2. The first-order valence-corrected chi connectivity index (χ1v) is 6.50. The van der Waals surface area contributed by atoms with E-state index in [1.807, 2.05) is 0 Å². The summed E-state index contributed by atoms with van der Waals surface area (Å²) in [6.07, 6.45) is 2.63. The lowest BCUT2D eigenvalue weighted by atomic mass is 10.2. The summed E-state index contributed by atoms with van der Waals surface area (Å²) in [7, 11) is 0. The van der Waals surface area contributed by atoms with E-state index in [0.29, 0.717) is 11.6 Å². The zero-order chi connectivity index (χ0) is 12.1. The minimum Gasteiger partial charge on any atom is -0.311 e. The number of hydrogen-bond acceptors (Lipinski definition) is 2. The molecule has 1 aromatic rings. The predicted molar refractivity (Wildman–Crippen MR) is 68.8 cm³/mol. The number of nitrogens with one attached hydrogen (secondary N) is 1. The molecule has 0 amide bonds. The third-order valence-electron chi connectivity index (χ3n) is 3.13. The summed E-state index contributed by atoms with van der Waals surface area (Å²) in [6, 6.07) is 4.48. The number of benzene rings is 1. The molecule has 1 saturated heterocycles. The summed E-state index contributed by atoms with van der Waals surface area (Å²) in [5.74, 6) is -0.231. The monoisotopic (exact) mass is 256 g/mol. The maximum Gasteiger partial charge on any atom is 0.123 e. The van der Waals surface area contributed by atoms with E-state index in [2.05, 4.69) is 10.2 Å². The van der Waals surface area contributed by atoms with Gasteiger partial charge in [0.05, 0.1) is 0 Å². The van der Waals surface area contributed by atoms with E-state index in [0.717, 1.165) is 18.7 Å². The fourth-order valence-electron chi connectivity index (χ4n) is 2.15. The molecule has 0 aromatic heterocycles. The molecule has 2 nitrogen and oxygen atoms in total. The van der Waals surface area contributed by atoms with Gasteiger partial charge in [0.2, 0.25) is 0 Å². The van der Waals surface area contributed by atoms with Crippen molar-refractivity contribution in [2.24, 2.45) is 0 Å². The van der Waals surface area contributed by atoms with Gasteiger partial charge < -0.3 is 10.2 Å². The van der Waals surface area contributed by atoms with Crippen LogP contribution in [0.15, 0.2) is 18.2 Å². The van der Waals surface area contributed by atoms with Gasteiger partial charge in [-0.1, -0.05) is 11.6 Å². The van der Waals surface area contributed by atoms with E-state index < -0.39 is 0 Å². The topological polar surface area (TPSA) is 15.3 Å². The van der Waals surface area contributed by atoms with Crippen LogP contribution in [0, 0.1) is 5.82 Å². The van der Waals surface area contributed by atoms with Gasteiger partial charge in [-0.25, -0.2) is 4.39 Å². The van der Waals surface area contributed by atoms with Crippen molar-refractivity contribution < 1.29 is 4.39 Å². The molecule has 1 aliphatic rings. The van der Waals surface area contributed by atoms with Crippen molar-refractivity contribution in [3.8, 4) is 0 Å². The first kappa shape index (κ1) is 12.8. The molecular formula is C13H18ClFN2. The lowest BCUT2D eigenvalue weighted by Crippen LogP contribution is -2.29. The second-order valence-corrected chi connectivity index (χ2v) is 4.87. The molecule has 0 aliphatic carbocycles. The first-order chi connectivity index (χ1) is 8.25. The van der Waals surface area contributed by atoms with Crippen LogP contribution in [0.1, 0.15) is 18.4 Å². The number of likely N-dealkylation sites (tertiary alicyclic amines) is 1. The molecule has 4 heteroatoms. The molecule has 0 spiro atoms. The fourth-order valence-corrected chi connectivity index (χ4v) is 2.33. The van der Waals surface area contributed by atoms with Gasteiger partial charge in [0.25, 0.3) is 0 Å². The highest BCUT2D eigenvalue weighted by molar-refractivity contribution is 6.31. The third-order valence-corrected chi connectivity index (χ3v) is 3.50. The summed E-state index contributed by atoms with van der Waals surface area (Å²) < 4.78 is 13.0. The summed E-state index contributed by atoms with van der Waals surface area (Å²) in [6.45, 7) is 5.04. The molecule has 1 fully saturated rings. The van der Waals surface area contributed by atoms with Crippen LogP contribution in [0.4, 0.5) is 4.39 Å². The van der Waals surface area contributed by atoms with Crippen molar-refractivity contribution in [3.05, 3.63) is 34.6 Å². The van der Waals surface area contributed by atoms with Crippen LogP contribution in [0.25, 0.3) is 0 Å². The second kappa shape index (κ2) is 6.34. The van der Waals surface area contributed by atoms with Crippen LogP contribution in [0.5, 0.6) is 0 Å². The Bertz CT molecular complexity index is 364. The van der Waals surface area contributed by atoms with Gasteiger partial charge in [0.15, 0.2) is 0 Å². The van der Waals surface area contributed by atoms with Gasteiger partial charge >= 0.3 is 0 Å². The summed E-state index contributed by atoms with van der Waals surface area (Å²) in [5.41, 5.74) is 0.827. The van der Waals surface area contributed by atoms with E-state index in [-0.39, 0.29) is 5.82 Å². The Morgan fingerprint density at radius 1 is 1.29 bits per heavy atom. The Balaban J connectivity index is 1.72. The van der Waals surface area contributed by atoms with Crippen LogP contribution in [0.2, 0.25) is 5.02 Å². The lowest BCUT2D eigenvalue weighted by molar-refractivity contribution is 0.335. The molecule has 1 heterocycles. The maximum atomic E-state index is 13.0. The third kappa shape index (κ3) is 3.95. The molecule has 17 heavy (non-hydrogen) atoms. The highest BCUT2D eigenvalue weighted by Gasteiger charge is 2.10. The van der Waals surface area contributed by atoms with Gasteiger partial charge in [0, 0.05) is 24.7 Å². The molecule has 94 valence electrons. The van der Waals surface area contributed by atoms with E-state index in [1.54, 1.807) is 6.07 Å². The molecule has 0 saturated carbocycles. The number of rotatable bonds is 5. The Morgan fingerprint density at radius 2 is 2.06 bits per heavy atom. The molecule has 2 rings (SSSR count). The van der Waals surface area contributed by atoms with Gasteiger partial charge in [-0.2, -0.15) is 0 Å². The average Bonchev–Trinajstić information content (AvgIpc) is 2.82. The van der Waals surface area contributed by atoms with Crippen molar-refractivity contribution in [2.45, 2.75) is 19.4 Å². The SMILES string of the molecule is Fc1ccc(Cl)c(CNCCN2CCCC2)c1.